The highest BCUT2D eigenvalue weighted by atomic mass is 35.5. The molecule has 0 atom stereocenters. The maximum absolute atomic E-state index is 12.9. The molecule has 8 rings (SSSR count). The molecule has 0 unspecified atom stereocenters. The first-order valence-electron chi connectivity index (χ1n) is 14.8. The lowest BCUT2D eigenvalue weighted by Gasteiger charge is -2.32. The fourth-order valence-electron chi connectivity index (χ4n) is 7.60. The summed E-state index contributed by atoms with van der Waals surface area (Å²) in [5.74, 6) is -1.80. The monoisotopic (exact) mass is 634 g/mol. The Morgan fingerprint density at radius 3 is 2.07 bits per heavy atom. The van der Waals surface area contributed by atoms with E-state index in [1.54, 1.807) is 0 Å². The molecule has 3 aliphatic rings. The fourth-order valence-corrected chi connectivity index (χ4v) is 8.20. The normalized spacial score (nSPS) is 14.8. The Balaban J connectivity index is 0.00000325. The molecule has 226 valence electrons. The second-order valence-electron chi connectivity index (χ2n) is 11.7. The van der Waals surface area contributed by atoms with Gasteiger partial charge in [0.1, 0.15) is 11.5 Å². The Morgan fingerprint density at radius 2 is 1.36 bits per heavy atom. The molecule has 5 aromatic carbocycles. The van der Waals surface area contributed by atoms with Crippen LogP contribution in [0.1, 0.15) is 81.6 Å². The van der Waals surface area contributed by atoms with E-state index in [4.69, 9.17) is 27.9 Å². The Labute approximate surface area is 270 Å². The molecule has 7 heteroatoms. The average molecular weight is 636 g/mol. The van der Waals surface area contributed by atoms with Gasteiger partial charge in [-0.2, -0.15) is 0 Å². The highest BCUT2D eigenvalue weighted by Crippen LogP contribution is 2.50. The molecule has 5 aromatic rings. The molecule has 0 fully saturated rings. The fraction of sp³-hybridized carbons (Fsp3) is 0.211. The lowest BCUT2D eigenvalue weighted by Crippen LogP contribution is -2.31. The Morgan fingerprint density at radius 1 is 0.711 bits per heavy atom. The smallest absolute Gasteiger partial charge is 0.139 e. The Bertz CT molecular complexity index is 2270. The number of rotatable bonds is 3. The van der Waals surface area contributed by atoms with E-state index in [-0.39, 0.29) is 28.6 Å². The van der Waals surface area contributed by atoms with Crippen LogP contribution in [0.3, 0.4) is 0 Å². The zero-order valence-electron chi connectivity index (χ0n) is 23.5. The third kappa shape index (κ3) is 4.21. The van der Waals surface area contributed by atoms with Gasteiger partial charge in [0.15, 0.2) is 0 Å². The first-order valence-corrected chi connectivity index (χ1v) is 15.6. The lowest BCUT2D eigenvalue weighted by atomic mass is 9.78. The predicted octanol–water partition coefficient (Wildman–Crippen LogP) is 6.01. The van der Waals surface area contributed by atoms with Gasteiger partial charge in [0.05, 0.1) is 22.0 Å². The quantitative estimate of drug-likeness (QED) is 0.238. The summed E-state index contributed by atoms with van der Waals surface area (Å²) in [7, 11) is 0. The molecule has 0 N–H and O–H groups in total. The van der Waals surface area contributed by atoms with Crippen LogP contribution in [0.15, 0.2) is 54.6 Å². The lowest BCUT2D eigenvalue weighted by molar-refractivity contribution is -0.256. The summed E-state index contributed by atoms with van der Waals surface area (Å²) in [4.78, 5) is 25.2. The summed E-state index contributed by atoms with van der Waals surface area (Å²) in [6, 6.07) is 17.0. The molecule has 0 radical (unpaired) electrons. The molecular formula is C38H28Cl2O5-2. The van der Waals surface area contributed by atoms with Crippen LogP contribution in [0.4, 0.5) is 0 Å². The van der Waals surface area contributed by atoms with E-state index in [0.717, 1.165) is 88.9 Å². The summed E-state index contributed by atoms with van der Waals surface area (Å²) < 4.78 is 7.08. The van der Waals surface area contributed by atoms with Crippen molar-refractivity contribution in [2.75, 3.05) is 0 Å². The number of carbonyl (C=O) groups is 2. The zero-order valence-corrected chi connectivity index (χ0v) is 25.0. The Kier molecular flexibility index (Phi) is 7.14. The van der Waals surface area contributed by atoms with Gasteiger partial charge in [0.2, 0.25) is 0 Å². The summed E-state index contributed by atoms with van der Waals surface area (Å²) in [5, 5.41) is 30.2. The molecule has 1 heterocycles. The van der Waals surface area contributed by atoms with Gasteiger partial charge in [-0.25, -0.2) is 0 Å². The number of hydrogen-bond acceptors (Lipinski definition) is 5. The third-order valence-corrected chi connectivity index (χ3v) is 10.1. The molecule has 0 amide bonds. The Hall–Kier alpha value is -4.32. The van der Waals surface area contributed by atoms with Gasteiger partial charge in [-0.05, 0) is 88.9 Å². The number of aryl methyl sites for hydroxylation is 1. The number of aromatic carboxylic acids is 2. The van der Waals surface area contributed by atoms with Gasteiger partial charge in [0.25, 0.3) is 0 Å². The molecule has 2 aliphatic carbocycles. The minimum atomic E-state index is -1.56. The van der Waals surface area contributed by atoms with Gasteiger partial charge >= 0.3 is 0 Å². The van der Waals surface area contributed by atoms with E-state index < -0.39 is 17.5 Å². The van der Waals surface area contributed by atoms with Crippen molar-refractivity contribution in [3.8, 4) is 11.5 Å². The van der Waals surface area contributed by atoms with Crippen molar-refractivity contribution in [3.05, 3.63) is 114 Å². The van der Waals surface area contributed by atoms with Crippen molar-refractivity contribution in [2.24, 2.45) is 0 Å². The summed E-state index contributed by atoms with van der Waals surface area (Å²) in [6.07, 6.45) is 8.64. The summed E-state index contributed by atoms with van der Waals surface area (Å²) in [6.45, 7) is 0. The summed E-state index contributed by atoms with van der Waals surface area (Å²) in [5.41, 5.74) is 3.74. The number of halogens is 2. The number of carboxylic acid groups (broad SMARTS) is 2. The standard InChI is InChI=1S/C37H26Cl2O5.CH4/c38-27-17-26(36(40)41)33(39)32(30(27)37(42)43)31-28-22-13-5-1-9-18(22)20-11-3-7-15-24(20)34(28)44-35-25-16-8-4-12-21(25)19-10-2-6-14-23(19)29(31)35;/h1-2,5-6,9-11,13-14,17H,3-4,7-8,12,15-16H2,(H,40,41)(H,42,43);1H4/p-2. The molecule has 1 aliphatic heterocycles. The van der Waals surface area contributed by atoms with Crippen LogP contribution < -0.4 is 25.4 Å². The predicted molar refractivity (Wildman–Crippen MR) is 175 cm³/mol. The SMILES string of the molecule is C.O=C([O-])c1cc(Cl)c(C(=O)[O-])c(C2=c3c(c4c(c5ccccc35)=CCCC4)Oc3c4c(c5ccccc5c32)CCCC4)c1Cl. The van der Waals surface area contributed by atoms with Gasteiger partial charge in [-0.1, -0.05) is 85.2 Å². The van der Waals surface area contributed by atoms with Crippen LogP contribution in [-0.4, -0.2) is 11.9 Å². The average Bonchev–Trinajstić information content (AvgIpc) is 3.04. The van der Waals surface area contributed by atoms with Gasteiger partial charge < -0.3 is 24.5 Å². The minimum Gasteiger partial charge on any atom is -0.545 e. The number of ether oxygens (including phenoxy) is 1. The zero-order chi connectivity index (χ0) is 30.3. The van der Waals surface area contributed by atoms with E-state index in [9.17, 15) is 19.8 Å². The summed E-state index contributed by atoms with van der Waals surface area (Å²) >= 11 is 13.5. The van der Waals surface area contributed by atoms with Gasteiger partial charge in [-0.3, -0.25) is 0 Å². The van der Waals surface area contributed by atoms with E-state index in [1.165, 1.54) is 5.56 Å². The molecule has 5 nitrogen and oxygen atoms in total. The number of hydrogen-bond donors (Lipinski definition) is 0. The number of carbonyl (C=O) groups excluding carboxylic acids is 2. The van der Waals surface area contributed by atoms with Crippen molar-refractivity contribution in [3.63, 3.8) is 0 Å². The first-order chi connectivity index (χ1) is 21.4. The van der Waals surface area contributed by atoms with Crippen LogP contribution in [0.25, 0.3) is 33.2 Å². The highest BCUT2D eigenvalue weighted by molar-refractivity contribution is 6.40. The van der Waals surface area contributed by atoms with Crippen molar-refractivity contribution in [1.82, 2.24) is 0 Å². The molecule has 0 saturated heterocycles. The maximum Gasteiger partial charge on any atom is 0.139 e. The highest BCUT2D eigenvalue weighted by Gasteiger charge is 2.34. The largest absolute Gasteiger partial charge is 0.545 e. The van der Waals surface area contributed by atoms with Crippen molar-refractivity contribution >= 4 is 68.3 Å². The van der Waals surface area contributed by atoms with Gasteiger partial charge in [-0.15, -0.1) is 0 Å². The topological polar surface area (TPSA) is 89.5 Å². The van der Waals surface area contributed by atoms with E-state index >= 15 is 0 Å². The molecule has 0 saturated carbocycles. The number of fused-ring (bicyclic) bond motifs is 12. The van der Waals surface area contributed by atoms with Crippen LogP contribution in [-0.2, 0) is 19.3 Å². The number of benzene rings is 5. The van der Waals surface area contributed by atoms with E-state index in [0.29, 0.717) is 27.9 Å². The van der Waals surface area contributed by atoms with E-state index in [1.807, 2.05) is 36.4 Å². The maximum atomic E-state index is 12.9. The first kappa shape index (κ1) is 29.4. The second kappa shape index (κ2) is 10.9. The van der Waals surface area contributed by atoms with Crippen molar-refractivity contribution < 1.29 is 24.5 Å². The van der Waals surface area contributed by atoms with Gasteiger partial charge in [0, 0.05) is 38.6 Å². The molecule has 0 aromatic heterocycles. The van der Waals surface area contributed by atoms with Crippen molar-refractivity contribution in [2.45, 2.75) is 52.4 Å². The van der Waals surface area contributed by atoms with Crippen LogP contribution in [0.5, 0.6) is 11.5 Å². The van der Waals surface area contributed by atoms with Crippen molar-refractivity contribution in [1.29, 1.82) is 0 Å². The molecular weight excluding hydrogens is 607 g/mol. The minimum absolute atomic E-state index is 0. The molecule has 45 heavy (non-hydrogen) atoms. The molecule has 0 bridgehead atoms. The third-order valence-electron chi connectivity index (χ3n) is 9.38. The second-order valence-corrected chi connectivity index (χ2v) is 12.5. The number of carboxylic acids is 2. The van der Waals surface area contributed by atoms with E-state index in [2.05, 4.69) is 18.2 Å². The van der Waals surface area contributed by atoms with Crippen LogP contribution in [0.2, 0.25) is 10.0 Å². The van der Waals surface area contributed by atoms with Crippen LogP contribution >= 0.6 is 23.2 Å². The van der Waals surface area contributed by atoms with Crippen LogP contribution in [0, 0.1) is 0 Å². The molecule has 0 spiro atoms.